The lowest BCUT2D eigenvalue weighted by atomic mass is 10.1. The van der Waals surface area contributed by atoms with E-state index in [1.807, 2.05) is 0 Å². The molecule has 0 amide bonds. The largest absolute Gasteiger partial charge is 0.465 e. The highest BCUT2D eigenvalue weighted by atomic mass is 32.2. The third-order valence-electron chi connectivity index (χ3n) is 6.50. The van der Waals surface area contributed by atoms with Crippen LogP contribution < -0.4 is 14.2 Å². The third-order valence-corrected chi connectivity index (χ3v) is 8.94. The van der Waals surface area contributed by atoms with Gasteiger partial charge in [-0.25, -0.2) is 27.6 Å². The molecule has 1 aromatic heterocycles. The predicted molar refractivity (Wildman–Crippen MR) is 153 cm³/mol. The van der Waals surface area contributed by atoms with Gasteiger partial charge in [-0.3, -0.25) is 4.79 Å². The molecule has 4 N–H and O–H groups in total. The van der Waals surface area contributed by atoms with Crippen molar-refractivity contribution in [1.82, 2.24) is 14.7 Å². The van der Waals surface area contributed by atoms with Crippen LogP contribution in [-0.4, -0.2) is 45.9 Å². The lowest BCUT2D eigenvalue weighted by molar-refractivity contribution is -0.141. The number of anilines is 1. The summed E-state index contributed by atoms with van der Waals surface area (Å²) in [5.41, 5.74) is -1.76. The maximum atomic E-state index is 13.3. The number of carbonyl (C=O) groups excluding carboxylic acids is 1. The number of rotatable bonds is 11. The number of alkyl halides is 6. The van der Waals surface area contributed by atoms with Crippen molar-refractivity contribution >= 4 is 42.9 Å². The van der Waals surface area contributed by atoms with E-state index in [2.05, 4.69) is 14.7 Å². The minimum Gasteiger partial charge on any atom is -0.465 e. The quantitative estimate of drug-likeness (QED) is 0.154. The van der Waals surface area contributed by atoms with E-state index in [4.69, 9.17) is 9.88 Å². The zero-order chi connectivity index (χ0) is 34.1. The number of halogens is 6. The van der Waals surface area contributed by atoms with Crippen molar-refractivity contribution in [1.29, 1.82) is 0 Å². The number of nitrogens with one attached hydrogen (secondary N) is 2. The number of aromatic nitrogens is 2. The van der Waals surface area contributed by atoms with Crippen LogP contribution in [0.3, 0.4) is 0 Å². The number of nitrogens with two attached hydrogens (primary N) is 1. The number of H-pyrrole nitrogens is 1. The highest BCUT2D eigenvalue weighted by Gasteiger charge is 2.33. The molecule has 1 heterocycles. The Balaban J connectivity index is 1.70. The number of aromatic amines is 1. The van der Waals surface area contributed by atoms with Crippen LogP contribution >= 0.6 is 0 Å². The van der Waals surface area contributed by atoms with Gasteiger partial charge in [0.05, 0.1) is 45.4 Å². The van der Waals surface area contributed by atoms with Gasteiger partial charge in [0.1, 0.15) is 12.4 Å². The Morgan fingerprint density at radius 3 is 2.07 bits per heavy atom. The Morgan fingerprint density at radius 1 is 0.935 bits per heavy atom. The summed E-state index contributed by atoms with van der Waals surface area (Å²) in [5, 5.41) is 5.25. The fourth-order valence-electron chi connectivity index (χ4n) is 4.33. The van der Waals surface area contributed by atoms with E-state index in [1.165, 1.54) is 31.2 Å². The summed E-state index contributed by atoms with van der Waals surface area (Å²) in [6.45, 7) is 0.771. The number of hydrogen-bond donors (Lipinski definition) is 3. The van der Waals surface area contributed by atoms with E-state index in [1.54, 1.807) is 0 Å². The molecule has 19 heteroatoms. The summed E-state index contributed by atoms with van der Waals surface area (Å²) >= 11 is 0. The second-order valence-electron chi connectivity index (χ2n) is 9.77. The molecule has 0 saturated carbocycles. The number of fused-ring (bicyclic) bond motifs is 1. The van der Waals surface area contributed by atoms with Gasteiger partial charge in [0, 0.05) is 0 Å². The fraction of sp³-hybridized carbons (Fsp3) is 0.259. The van der Waals surface area contributed by atoms with Gasteiger partial charge in [0.25, 0.3) is 10.2 Å². The van der Waals surface area contributed by atoms with Gasteiger partial charge in [-0.2, -0.15) is 34.8 Å². The van der Waals surface area contributed by atoms with Crippen LogP contribution in [-0.2, 0) is 48.5 Å². The minimum atomic E-state index is -4.72. The lowest BCUT2D eigenvalue weighted by Gasteiger charge is -2.21. The molecule has 0 bridgehead atoms. The molecule has 4 rings (SSSR count). The van der Waals surface area contributed by atoms with Crippen LogP contribution in [0, 0.1) is 0 Å². The normalized spacial score (nSPS) is 13.5. The van der Waals surface area contributed by atoms with Gasteiger partial charge in [-0.15, -0.1) is 0 Å². The number of sulfonamides is 1. The first kappa shape index (κ1) is 34.7. The van der Waals surface area contributed by atoms with Crippen LogP contribution in [0.4, 0.5) is 32.0 Å². The van der Waals surface area contributed by atoms with E-state index in [0.29, 0.717) is 22.0 Å². The van der Waals surface area contributed by atoms with Gasteiger partial charge in [0.15, 0.2) is 0 Å². The van der Waals surface area contributed by atoms with Crippen molar-refractivity contribution in [3.8, 4) is 0 Å². The van der Waals surface area contributed by atoms with Gasteiger partial charge >= 0.3 is 18.3 Å². The van der Waals surface area contributed by atoms with E-state index in [0.717, 1.165) is 30.3 Å². The van der Waals surface area contributed by atoms with Crippen molar-refractivity contribution < 1.29 is 52.7 Å². The molecule has 0 radical (unpaired) electrons. The van der Waals surface area contributed by atoms with Crippen LogP contribution in [0.2, 0.25) is 0 Å². The molecule has 0 unspecified atom stereocenters. The number of imidazole rings is 1. The summed E-state index contributed by atoms with van der Waals surface area (Å²) in [6.07, 6.45) is -9.62. The number of nitrogens with zero attached hydrogens (tertiary/aromatic N) is 2. The molecular formula is C27H25F6N5O6S2. The third kappa shape index (κ3) is 8.33. The van der Waals surface area contributed by atoms with E-state index in [9.17, 15) is 48.0 Å². The minimum absolute atomic E-state index is 0.0146. The highest BCUT2D eigenvalue weighted by molar-refractivity contribution is 7.90. The Hall–Kier alpha value is -4.20. The van der Waals surface area contributed by atoms with Crippen molar-refractivity contribution in [3.05, 3.63) is 89.2 Å². The number of benzene rings is 3. The summed E-state index contributed by atoms with van der Waals surface area (Å²) in [4.78, 5) is 18.3. The number of hydrogen-bond acceptors (Lipinski definition) is 7. The van der Waals surface area contributed by atoms with Gasteiger partial charge in [0.2, 0.25) is 10.0 Å². The fourth-order valence-corrected chi connectivity index (χ4v) is 6.23. The Kier molecular flexibility index (Phi) is 9.72. The van der Waals surface area contributed by atoms with Crippen LogP contribution in [0.5, 0.6) is 0 Å². The molecule has 0 aliphatic carbocycles. The van der Waals surface area contributed by atoms with Gasteiger partial charge in [-0.1, -0.05) is 12.1 Å². The Labute approximate surface area is 258 Å². The Morgan fingerprint density at radius 2 is 1.52 bits per heavy atom. The van der Waals surface area contributed by atoms with E-state index in [-0.39, 0.29) is 35.6 Å². The second-order valence-corrected chi connectivity index (χ2v) is 13.0. The number of esters is 1. The molecule has 4 aromatic rings. The van der Waals surface area contributed by atoms with Gasteiger partial charge < -0.3 is 9.72 Å². The van der Waals surface area contributed by atoms with Crippen molar-refractivity contribution in [2.75, 3.05) is 17.5 Å². The molecule has 0 fully saturated rings. The first-order valence-corrected chi connectivity index (χ1v) is 16.1. The van der Waals surface area contributed by atoms with Crippen molar-refractivity contribution in [2.24, 2.45) is 5.14 Å². The van der Waals surface area contributed by atoms with Crippen LogP contribution in [0.25, 0.3) is 11.0 Å². The molecule has 248 valence electrons. The van der Waals surface area contributed by atoms with Crippen molar-refractivity contribution in [3.63, 3.8) is 0 Å². The summed E-state index contributed by atoms with van der Waals surface area (Å²) in [6, 6.07) is 9.30. The monoisotopic (exact) mass is 693 g/mol. The molecule has 0 aliphatic rings. The summed E-state index contributed by atoms with van der Waals surface area (Å²) in [5.74, 6) is -1.00. The highest BCUT2D eigenvalue weighted by Crippen LogP contribution is 2.33. The molecule has 0 saturated heterocycles. The standard InChI is InChI=1S/C27H25F6N5O6S2/c1-2-44-24(39)15-38(46(34,42)43)19-8-3-16(4-9-19)13-23(25-35-21-12-7-18(27(31,32)33)14-22(21)36-25)37-45(40,41)20-10-5-17(6-11-20)26(28,29)30/h3-12,14,23,37H,2,13,15H2,1H3,(H,35,36)(H2,34,42,43)/t23-/m0/s1. The number of carbonyl (C=O) groups is 1. The molecule has 11 nitrogen and oxygen atoms in total. The average Bonchev–Trinajstić information content (AvgIpc) is 3.39. The van der Waals surface area contributed by atoms with E-state index < -0.39 is 67.2 Å². The molecule has 3 aromatic carbocycles. The SMILES string of the molecule is CCOC(=O)CN(c1ccc(C[C@H](NS(=O)(=O)c2ccc(C(F)(F)F)cc2)c2nc3ccc(C(F)(F)F)cc3[nH]2)cc1)S(N)(=O)=O. The summed E-state index contributed by atoms with van der Waals surface area (Å²) < 4.78 is 137. The zero-order valence-electron chi connectivity index (χ0n) is 23.6. The van der Waals surface area contributed by atoms with Crippen molar-refractivity contribution in [2.45, 2.75) is 36.6 Å². The van der Waals surface area contributed by atoms with E-state index >= 15 is 0 Å². The zero-order valence-corrected chi connectivity index (χ0v) is 25.2. The summed E-state index contributed by atoms with van der Waals surface area (Å²) in [7, 11) is -8.96. The maximum absolute atomic E-state index is 13.3. The molecule has 1 atom stereocenters. The second kappa shape index (κ2) is 12.9. The van der Waals surface area contributed by atoms with Crippen LogP contribution in [0.1, 0.15) is 35.5 Å². The Bertz CT molecular complexity index is 1930. The molecule has 0 spiro atoms. The molecule has 46 heavy (non-hydrogen) atoms. The average molecular weight is 694 g/mol. The first-order valence-electron chi connectivity index (χ1n) is 13.1. The topological polar surface area (TPSA) is 165 Å². The maximum Gasteiger partial charge on any atom is 0.416 e. The smallest absolute Gasteiger partial charge is 0.416 e. The predicted octanol–water partition coefficient (Wildman–Crippen LogP) is 4.44. The molecular weight excluding hydrogens is 668 g/mol. The first-order chi connectivity index (χ1) is 21.3. The van der Waals surface area contributed by atoms with Crippen LogP contribution in [0.15, 0.2) is 71.6 Å². The number of ether oxygens (including phenoxy) is 1. The van der Waals surface area contributed by atoms with Gasteiger partial charge in [-0.05, 0) is 73.5 Å². The molecule has 0 aliphatic heterocycles. The lowest BCUT2D eigenvalue weighted by Crippen LogP contribution is -2.40.